The zero-order valence-corrected chi connectivity index (χ0v) is 11.7. The highest BCUT2D eigenvalue weighted by Crippen LogP contribution is 2.24. The van der Waals surface area contributed by atoms with Crippen LogP contribution in [0.4, 0.5) is 0 Å². The molecule has 0 radical (unpaired) electrons. The molecule has 0 aliphatic carbocycles. The molecule has 0 bridgehead atoms. The van der Waals surface area contributed by atoms with E-state index < -0.39 is 11.6 Å². The molecule has 104 valence electrons. The molecular weight excluding hydrogens is 224 g/mol. The predicted molar refractivity (Wildman–Crippen MR) is 64.5 cm³/mol. The van der Waals surface area contributed by atoms with Crippen LogP contribution in [0.5, 0.6) is 0 Å². The first-order valence-corrected chi connectivity index (χ1v) is 5.93. The van der Waals surface area contributed by atoms with Gasteiger partial charge in [0.15, 0.2) is 11.6 Å². The van der Waals surface area contributed by atoms with E-state index in [0.717, 1.165) is 6.61 Å². The van der Waals surface area contributed by atoms with Crippen LogP contribution in [0, 0.1) is 0 Å². The van der Waals surface area contributed by atoms with E-state index in [1.165, 1.54) is 13.8 Å². The summed E-state index contributed by atoms with van der Waals surface area (Å²) in [6.45, 7) is 11.8. The summed E-state index contributed by atoms with van der Waals surface area (Å²) in [5, 5.41) is 16.2. The van der Waals surface area contributed by atoms with Gasteiger partial charge in [0.25, 0.3) is 0 Å². The Hall–Kier alpha value is -0.200. The van der Waals surface area contributed by atoms with Gasteiger partial charge in [0, 0.05) is 6.61 Å². The molecular formula is C12H26O5. The van der Waals surface area contributed by atoms with Gasteiger partial charge in [-0.05, 0) is 41.5 Å². The molecule has 1 aliphatic rings. The van der Waals surface area contributed by atoms with Crippen LogP contribution in [0.25, 0.3) is 0 Å². The van der Waals surface area contributed by atoms with Gasteiger partial charge in [-0.3, -0.25) is 0 Å². The van der Waals surface area contributed by atoms with Crippen molar-refractivity contribution in [3.63, 3.8) is 0 Å². The van der Waals surface area contributed by atoms with E-state index >= 15 is 0 Å². The number of rotatable bonds is 3. The summed E-state index contributed by atoms with van der Waals surface area (Å²) in [6, 6.07) is 0. The Morgan fingerprint density at radius 3 is 2.18 bits per heavy atom. The van der Waals surface area contributed by atoms with E-state index in [1.807, 2.05) is 27.7 Å². The Kier molecular flexibility index (Phi) is 6.58. The fourth-order valence-corrected chi connectivity index (χ4v) is 1.32. The van der Waals surface area contributed by atoms with Gasteiger partial charge >= 0.3 is 0 Å². The molecule has 0 aromatic carbocycles. The van der Waals surface area contributed by atoms with Crippen molar-refractivity contribution in [2.75, 3.05) is 13.2 Å². The fraction of sp³-hybridized carbons (Fsp3) is 1.00. The van der Waals surface area contributed by atoms with Crippen LogP contribution in [0.2, 0.25) is 0 Å². The second kappa shape index (κ2) is 6.66. The van der Waals surface area contributed by atoms with Crippen molar-refractivity contribution >= 4 is 0 Å². The van der Waals surface area contributed by atoms with Gasteiger partial charge in [-0.2, -0.15) is 0 Å². The molecule has 5 heteroatoms. The van der Waals surface area contributed by atoms with Crippen molar-refractivity contribution in [2.45, 2.75) is 65.3 Å². The van der Waals surface area contributed by atoms with Gasteiger partial charge in [0.1, 0.15) is 6.10 Å². The van der Waals surface area contributed by atoms with Crippen molar-refractivity contribution in [3.05, 3.63) is 0 Å². The minimum Gasteiger partial charge on any atom is -0.376 e. The van der Waals surface area contributed by atoms with Gasteiger partial charge in [0.2, 0.25) is 0 Å². The van der Waals surface area contributed by atoms with Crippen molar-refractivity contribution in [2.24, 2.45) is 0 Å². The van der Waals surface area contributed by atoms with Crippen LogP contribution in [0.1, 0.15) is 41.5 Å². The third-order valence-electron chi connectivity index (χ3n) is 1.98. The first kappa shape index (κ1) is 16.8. The maximum Gasteiger partial charge on any atom is 0.163 e. The lowest BCUT2D eigenvalue weighted by Crippen LogP contribution is -2.30. The first-order chi connectivity index (χ1) is 7.55. The Balaban J connectivity index is 0.000000437. The molecule has 1 aliphatic heterocycles. The Bertz CT molecular complexity index is 203. The predicted octanol–water partition coefficient (Wildman–Crippen LogP) is 1.27. The molecule has 0 aromatic heterocycles. The lowest BCUT2D eigenvalue weighted by atomic mass is 10.2. The van der Waals surface area contributed by atoms with Crippen LogP contribution >= 0.6 is 0 Å². The average Bonchev–Trinajstić information content (AvgIpc) is 2.43. The second-order valence-electron chi connectivity index (χ2n) is 5.02. The number of hydrogen-bond donors (Lipinski definition) is 2. The van der Waals surface area contributed by atoms with Gasteiger partial charge in [-0.25, -0.2) is 0 Å². The summed E-state index contributed by atoms with van der Waals surface area (Å²) in [5.74, 6) is -1.93. The lowest BCUT2D eigenvalue weighted by molar-refractivity contribution is -0.154. The van der Waals surface area contributed by atoms with E-state index in [9.17, 15) is 0 Å². The molecule has 0 aromatic rings. The van der Waals surface area contributed by atoms with Crippen LogP contribution in [-0.4, -0.2) is 47.2 Å². The number of hydrogen-bond acceptors (Lipinski definition) is 5. The van der Waals surface area contributed by atoms with E-state index in [4.69, 9.17) is 24.4 Å². The molecule has 1 fully saturated rings. The standard InChI is InChI=1S/C9H18O3.C3H8O2/c1-5-10-7(2)8-6-11-9(3,4)12-8;1-3(2,4)5/h7-8H,5-6H2,1-4H3;4-5H,1-2H3. The molecule has 2 unspecified atom stereocenters. The second-order valence-corrected chi connectivity index (χ2v) is 5.02. The van der Waals surface area contributed by atoms with E-state index in [0.29, 0.717) is 6.61 Å². The smallest absolute Gasteiger partial charge is 0.163 e. The number of ether oxygens (including phenoxy) is 3. The highest BCUT2D eigenvalue weighted by atomic mass is 16.7. The van der Waals surface area contributed by atoms with E-state index in [-0.39, 0.29) is 12.2 Å². The normalized spacial score (nSPS) is 25.1. The van der Waals surface area contributed by atoms with Crippen LogP contribution in [0.15, 0.2) is 0 Å². The summed E-state index contributed by atoms with van der Waals surface area (Å²) in [4.78, 5) is 0. The van der Waals surface area contributed by atoms with Crippen LogP contribution in [0.3, 0.4) is 0 Å². The number of aliphatic hydroxyl groups is 2. The third-order valence-corrected chi connectivity index (χ3v) is 1.98. The summed E-state index contributed by atoms with van der Waals surface area (Å²) >= 11 is 0. The molecule has 0 amide bonds. The molecule has 1 rings (SSSR count). The van der Waals surface area contributed by atoms with Gasteiger partial charge in [0.05, 0.1) is 12.7 Å². The molecule has 1 saturated heterocycles. The van der Waals surface area contributed by atoms with E-state index in [2.05, 4.69) is 0 Å². The lowest BCUT2D eigenvalue weighted by Gasteiger charge is -2.20. The zero-order valence-electron chi connectivity index (χ0n) is 11.7. The zero-order chi connectivity index (χ0) is 13.7. The monoisotopic (exact) mass is 250 g/mol. The summed E-state index contributed by atoms with van der Waals surface area (Å²) in [7, 11) is 0. The van der Waals surface area contributed by atoms with E-state index in [1.54, 1.807) is 0 Å². The first-order valence-electron chi connectivity index (χ1n) is 5.93. The van der Waals surface area contributed by atoms with Crippen molar-refractivity contribution in [1.82, 2.24) is 0 Å². The van der Waals surface area contributed by atoms with Gasteiger partial charge in [-0.1, -0.05) is 0 Å². The summed E-state index contributed by atoms with van der Waals surface area (Å²) in [5.41, 5.74) is 0. The maximum atomic E-state index is 8.08. The average molecular weight is 250 g/mol. The highest BCUT2D eigenvalue weighted by molar-refractivity contribution is 4.75. The molecule has 0 saturated carbocycles. The molecule has 0 spiro atoms. The van der Waals surface area contributed by atoms with Crippen molar-refractivity contribution in [1.29, 1.82) is 0 Å². The van der Waals surface area contributed by atoms with Crippen molar-refractivity contribution in [3.8, 4) is 0 Å². The summed E-state index contributed by atoms with van der Waals surface area (Å²) < 4.78 is 16.4. The molecule has 2 atom stereocenters. The summed E-state index contributed by atoms with van der Waals surface area (Å²) in [6.07, 6.45) is 0.205. The SMILES string of the molecule is CC(C)(O)O.CCOC(C)C1COC(C)(C)O1. The van der Waals surface area contributed by atoms with Crippen LogP contribution < -0.4 is 0 Å². The fourth-order valence-electron chi connectivity index (χ4n) is 1.32. The molecule has 17 heavy (non-hydrogen) atoms. The molecule has 1 heterocycles. The molecule has 5 nitrogen and oxygen atoms in total. The Morgan fingerprint density at radius 2 is 1.88 bits per heavy atom. The quantitative estimate of drug-likeness (QED) is 0.738. The van der Waals surface area contributed by atoms with Gasteiger partial charge < -0.3 is 24.4 Å². The van der Waals surface area contributed by atoms with Crippen LogP contribution in [-0.2, 0) is 14.2 Å². The minimum atomic E-state index is -1.50. The largest absolute Gasteiger partial charge is 0.376 e. The van der Waals surface area contributed by atoms with Gasteiger partial charge in [-0.15, -0.1) is 0 Å². The minimum absolute atomic E-state index is 0.0833. The van der Waals surface area contributed by atoms with Crippen molar-refractivity contribution < 1.29 is 24.4 Å². The molecule has 2 N–H and O–H groups in total. The third kappa shape index (κ3) is 9.50. The maximum absolute atomic E-state index is 8.08. The topological polar surface area (TPSA) is 68.2 Å². The Morgan fingerprint density at radius 1 is 1.41 bits per heavy atom. The highest BCUT2D eigenvalue weighted by Gasteiger charge is 2.35. The Labute approximate surface area is 104 Å².